The number of carbonyl (C=O) groups excluding carboxylic acids is 1. The number of methoxy groups -OCH3 is 1. The van der Waals surface area contributed by atoms with Gasteiger partial charge in [0.25, 0.3) is 5.88 Å². The largest absolute Gasteiger partial charge is 0.493 e. The highest BCUT2D eigenvalue weighted by atomic mass is 35.5. The molecule has 8 nitrogen and oxygen atoms in total. The Balaban J connectivity index is 1.77. The Morgan fingerprint density at radius 1 is 1.37 bits per heavy atom. The van der Waals surface area contributed by atoms with Crippen LogP contribution in [0.2, 0.25) is 5.28 Å². The van der Waals surface area contributed by atoms with Crippen molar-refractivity contribution < 1.29 is 23.1 Å². The van der Waals surface area contributed by atoms with Gasteiger partial charge >= 0.3 is 5.91 Å². The van der Waals surface area contributed by atoms with Crippen molar-refractivity contribution in [1.82, 2.24) is 15.4 Å². The molecule has 10 heteroatoms. The van der Waals surface area contributed by atoms with Crippen LogP contribution in [0.1, 0.15) is 16.1 Å². The second-order valence-electron chi connectivity index (χ2n) is 4.98. The number of ether oxygens (including phenoxy) is 2. The predicted octanol–water partition coefficient (Wildman–Crippen LogP) is 3.43. The van der Waals surface area contributed by atoms with Gasteiger partial charge in [-0.3, -0.25) is 4.79 Å². The first-order chi connectivity index (χ1) is 13.1. The molecule has 0 aliphatic rings. The number of furan rings is 1. The fraction of sp³-hybridized carbons (Fsp3) is 0.0588. The van der Waals surface area contributed by atoms with Gasteiger partial charge in [0.2, 0.25) is 11.1 Å². The van der Waals surface area contributed by atoms with Crippen LogP contribution in [0.25, 0.3) is 0 Å². The fourth-order valence-electron chi connectivity index (χ4n) is 1.99. The lowest BCUT2D eigenvalue weighted by molar-refractivity contribution is 0.0927. The van der Waals surface area contributed by atoms with Gasteiger partial charge in [-0.1, -0.05) is 0 Å². The Morgan fingerprint density at radius 3 is 2.96 bits per heavy atom. The first-order valence-corrected chi connectivity index (χ1v) is 7.85. The average Bonchev–Trinajstić information content (AvgIpc) is 3.20. The molecule has 0 spiro atoms. The van der Waals surface area contributed by atoms with Crippen molar-refractivity contribution in [3.8, 4) is 17.4 Å². The topological polar surface area (TPSA) is 98.8 Å². The van der Waals surface area contributed by atoms with E-state index in [9.17, 15) is 9.18 Å². The molecule has 1 amide bonds. The van der Waals surface area contributed by atoms with Crippen LogP contribution in [-0.4, -0.2) is 29.2 Å². The summed E-state index contributed by atoms with van der Waals surface area (Å²) in [6.07, 6.45) is 3.65. The number of hydrogen-bond donors (Lipinski definition) is 1. The highest BCUT2D eigenvalue weighted by Crippen LogP contribution is 2.32. The van der Waals surface area contributed by atoms with Crippen LogP contribution in [-0.2, 0) is 0 Å². The number of nitrogens with one attached hydrogen (secondary N) is 1. The third-order valence-corrected chi connectivity index (χ3v) is 3.38. The summed E-state index contributed by atoms with van der Waals surface area (Å²) in [5.74, 6) is -1.01. The van der Waals surface area contributed by atoms with Crippen molar-refractivity contribution in [2.75, 3.05) is 7.11 Å². The van der Waals surface area contributed by atoms with E-state index >= 15 is 0 Å². The molecule has 1 aromatic carbocycles. The van der Waals surface area contributed by atoms with Gasteiger partial charge in [-0.15, -0.1) is 0 Å². The van der Waals surface area contributed by atoms with Gasteiger partial charge in [-0.25, -0.2) is 10.4 Å². The SMILES string of the molecule is COc1ccc(/C=N/NC(=O)c2ccco2)cc1Oc1nc(Cl)ncc1F. The molecule has 3 aromatic rings. The van der Waals surface area contributed by atoms with Crippen LogP contribution in [0.5, 0.6) is 17.4 Å². The Bertz CT molecular complexity index is 979. The van der Waals surface area contributed by atoms with Gasteiger partial charge in [-0.2, -0.15) is 14.5 Å². The molecule has 0 bridgehead atoms. The van der Waals surface area contributed by atoms with Gasteiger partial charge in [0.1, 0.15) is 0 Å². The molecule has 0 atom stereocenters. The second-order valence-corrected chi connectivity index (χ2v) is 5.32. The van der Waals surface area contributed by atoms with E-state index in [0.29, 0.717) is 11.3 Å². The second kappa shape index (κ2) is 8.28. The molecule has 0 fully saturated rings. The molecule has 1 N–H and O–H groups in total. The minimum absolute atomic E-state index is 0.127. The van der Waals surface area contributed by atoms with Crippen LogP contribution in [0, 0.1) is 5.82 Å². The van der Waals surface area contributed by atoms with Crippen LogP contribution in [0.15, 0.2) is 52.3 Å². The number of hydrogen-bond acceptors (Lipinski definition) is 7. The molecule has 0 saturated heterocycles. The summed E-state index contributed by atoms with van der Waals surface area (Å²) in [5.41, 5.74) is 2.86. The summed E-state index contributed by atoms with van der Waals surface area (Å²) in [6, 6.07) is 7.87. The molecule has 0 unspecified atom stereocenters. The van der Waals surface area contributed by atoms with E-state index in [1.807, 2.05) is 0 Å². The predicted molar refractivity (Wildman–Crippen MR) is 93.8 cm³/mol. The molecular weight excluding hydrogens is 379 g/mol. The van der Waals surface area contributed by atoms with E-state index in [4.69, 9.17) is 25.5 Å². The van der Waals surface area contributed by atoms with Crippen molar-refractivity contribution in [1.29, 1.82) is 0 Å². The maximum absolute atomic E-state index is 13.8. The summed E-state index contributed by atoms with van der Waals surface area (Å²) < 4.78 is 29.4. The standard InChI is InChI=1S/C17H12ClFN4O4/c1-25-12-5-4-10(8-21-23-15(24)13-3-2-6-26-13)7-14(12)27-16-11(19)9-20-17(18)22-16/h2-9H,1H3,(H,23,24)/b21-8+. The van der Waals surface area contributed by atoms with Crippen LogP contribution < -0.4 is 14.9 Å². The zero-order chi connectivity index (χ0) is 19.2. The van der Waals surface area contributed by atoms with Crippen molar-refractivity contribution in [2.45, 2.75) is 0 Å². The summed E-state index contributed by atoms with van der Waals surface area (Å²) in [6.45, 7) is 0. The minimum atomic E-state index is -0.786. The molecule has 3 rings (SSSR count). The van der Waals surface area contributed by atoms with Crippen LogP contribution in [0.4, 0.5) is 4.39 Å². The maximum Gasteiger partial charge on any atom is 0.307 e. The number of halogens is 2. The van der Waals surface area contributed by atoms with Gasteiger partial charge in [-0.05, 0) is 47.5 Å². The Hall–Kier alpha value is -3.46. The Labute approximate surface area is 157 Å². The first kappa shape index (κ1) is 18.3. The number of hydrazone groups is 1. The van der Waals surface area contributed by atoms with E-state index in [1.54, 1.807) is 18.2 Å². The molecule has 2 heterocycles. The van der Waals surface area contributed by atoms with Crippen molar-refractivity contribution >= 4 is 23.7 Å². The lowest BCUT2D eigenvalue weighted by atomic mass is 10.2. The number of amides is 1. The summed E-state index contributed by atoms with van der Waals surface area (Å²) >= 11 is 5.66. The molecule has 0 radical (unpaired) electrons. The lowest BCUT2D eigenvalue weighted by Crippen LogP contribution is -2.16. The number of nitrogens with zero attached hydrogens (tertiary/aromatic N) is 3. The quantitative estimate of drug-likeness (QED) is 0.393. The lowest BCUT2D eigenvalue weighted by Gasteiger charge is -2.10. The van der Waals surface area contributed by atoms with E-state index in [1.165, 1.54) is 31.7 Å². The smallest absolute Gasteiger partial charge is 0.307 e. The Morgan fingerprint density at radius 2 is 2.22 bits per heavy atom. The Kier molecular flexibility index (Phi) is 5.62. The highest BCUT2D eigenvalue weighted by molar-refractivity contribution is 6.28. The molecule has 2 aromatic heterocycles. The summed E-state index contributed by atoms with van der Waals surface area (Å²) in [7, 11) is 1.43. The summed E-state index contributed by atoms with van der Waals surface area (Å²) in [4.78, 5) is 18.9. The molecule has 0 aliphatic heterocycles. The normalized spacial score (nSPS) is 10.8. The van der Waals surface area contributed by atoms with Gasteiger partial charge in [0.05, 0.1) is 25.8 Å². The van der Waals surface area contributed by atoms with E-state index < -0.39 is 11.7 Å². The minimum Gasteiger partial charge on any atom is -0.493 e. The number of carbonyl (C=O) groups is 1. The molecule has 27 heavy (non-hydrogen) atoms. The molecular formula is C17H12ClFN4O4. The fourth-order valence-corrected chi connectivity index (χ4v) is 2.11. The van der Waals surface area contributed by atoms with Crippen LogP contribution in [0.3, 0.4) is 0 Å². The van der Waals surface area contributed by atoms with Gasteiger partial charge < -0.3 is 13.9 Å². The van der Waals surface area contributed by atoms with Crippen molar-refractivity contribution in [3.05, 3.63) is 65.2 Å². The van der Waals surface area contributed by atoms with Gasteiger partial charge in [0.15, 0.2) is 17.3 Å². The summed E-state index contributed by atoms with van der Waals surface area (Å²) in [5, 5.41) is 3.67. The van der Waals surface area contributed by atoms with E-state index in [0.717, 1.165) is 6.20 Å². The van der Waals surface area contributed by atoms with E-state index in [-0.39, 0.29) is 22.7 Å². The maximum atomic E-state index is 13.8. The zero-order valence-electron chi connectivity index (χ0n) is 13.8. The van der Waals surface area contributed by atoms with Crippen LogP contribution >= 0.6 is 11.6 Å². The average molecular weight is 391 g/mol. The monoisotopic (exact) mass is 390 g/mol. The molecule has 0 aliphatic carbocycles. The zero-order valence-corrected chi connectivity index (χ0v) is 14.6. The molecule has 138 valence electrons. The highest BCUT2D eigenvalue weighted by Gasteiger charge is 2.13. The third kappa shape index (κ3) is 4.59. The van der Waals surface area contributed by atoms with Crippen molar-refractivity contribution in [2.24, 2.45) is 5.10 Å². The van der Waals surface area contributed by atoms with Crippen molar-refractivity contribution in [3.63, 3.8) is 0 Å². The third-order valence-electron chi connectivity index (χ3n) is 3.20. The first-order valence-electron chi connectivity index (χ1n) is 7.47. The number of benzene rings is 1. The number of aromatic nitrogens is 2. The molecule has 0 saturated carbocycles. The van der Waals surface area contributed by atoms with E-state index in [2.05, 4.69) is 20.5 Å². The number of rotatable bonds is 6. The van der Waals surface area contributed by atoms with Gasteiger partial charge in [0, 0.05) is 0 Å².